The van der Waals surface area contributed by atoms with Crippen molar-refractivity contribution in [1.82, 2.24) is 9.69 Å². The molecule has 1 amide bonds. The number of rotatable bonds is 6. The van der Waals surface area contributed by atoms with Crippen LogP contribution < -0.4 is 14.8 Å². The van der Waals surface area contributed by atoms with Gasteiger partial charge in [-0.1, -0.05) is 6.07 Å². The lowest BCUT2D eigenvalue weighted by Gasteiger charge is -2.10. The van der Waals surface area contributed by atoms with E-state index < -0.39 is 0 Å². The van der Waals surface area contributed by atoms with Gasteiger partial charge in [0.05, 0.1) is 25.5 Å². The third-order valence-electron chi connectivity index (χ3n) is 3.14. The average Bonchev–Trinajstić information content (AvgIpc) is 2.93. The number of hydrogen-bond acceptors (Lipinski definition) is 5. The number of nitrogens with zero attached hydrogens (tertiary/aromatic N) is 1. The Bertz CT molecular complexity index is 625. The van der Waals surface area contributed by atoms with Gasteiger partial charge in [0, 0.05) is 11.9 Å². The molecule has 1 N–H and O–H groups in total. The minimum Gasteiger partial charge on any atom is -0.493 e. The molecular formula is C15H18N2O3S. The number of nitrogens with one attached hydrogen (secondary N) is 1. The number of carbonyl (C=O) groups is 1. The predicted molar refractivity (Wildman–Crippen MR) is 82.4 cm³/mol. The van der Waals surface area contributed by atoms with Crippen LogP contribution in [0.25, 0.3) is 0 Å². The monoisotopic (exact) mass is 306 g/mol. The lowest BCUT2D eigenvalue weighted by molar-refractivity contribution is 0.0954. The fourth-order valence-electron chi connectivity index (χ4n) is 1.96. The van der Waals surface area contributed by atoms with E-state index >= 15 is 0 Å². The maximum absolute atomic E-state index is 12.0. The Balaban J connectivity index is 1.92. The molecule has 1 aromatic carbocycles. The maximum atomic E-state index is 12.0. The summed E-state index contributed by atoms with van der Waals surface area (Å²) in [6.45, 7) is 2.39. The van der Waals surface area contributed by atoms with Crippen LogP contribution in [-0.4, -0.2) is 31.0 Å². The predicted octanol–water partition coefficient (Wildman–Crippen LogP) is 2.44. The molecular weight excluding hydrogens is 288 g/mol. The molecule has 1 aromatic heterocycles. The standard InChI is InChI=1S/C15H18N2O3S/c1-10-12(9-21-17-10)15(18)16-7-6-11-4-5-13(19-2)14(8-11)20-3/h4-5,8-9H,6-7H2,1-3H3,(H,16,18). The number of hydrogen-bond donors (Lipinski definition) is 1. The van der Waals surface area contributed by atoms with E-state index in [4.69, 9.17) is 9.47 Å². The molecule has 0 saturated heterocycles. The third-order valence-corrected chi connectivity index (χ3v) is 3.86. The summed E-state index contributed by atoms with van der Waals surface area (Å²) < 4.78 is 14.6. The molecule has 0 saturated carbocycles. The molecule has 0 aliphatic carbocycles. The van der Waals surface area contributed by atoms with E-state index in [9.17, 15) is 4.79 Å². The Labute approximate surface area is 128 Å². The van der Waals surface area contributed by atoms with Gasteiger partial charge in [-0.3, -0.25) is 4.79 Å². The lowest BCUT2D eigenvalue weighted by atomic mass is 10.1. The number of amides is 1. The molecule has 0 spiro atoms. The van der Waals surface area contributed by atoms with Crippen LogP contribution in [0.15, 0.2) is 23.6 Å². The van der Waals surface area contributed by atoms with E-state index in [0.717, 1.165) is 17.7 Å². The minimum absolute atomic E-state index is 0.0817. The van der Waals surface area contributed by atoms with Crippen LogP contribution in [0.2, 0.25) is 0 Å². The number of aryl methyl sites for hydroxylation is 1. The molecule has 2 aromatic rings. The number of ether oxygens (including phenoxy) is 2. The van der Waals surface area contributed by atoms with Crippen molar-refractivity contribution in [3.05, 3.63) is 40.4 Å². The summed E-state index contributed by atoms with van der Waals surface area (Å²) in [6.07, 6.45) is 0.725. The highest BCUT2D eigenvalue weighted by Crippen LogP contribution is 2.27. The Morgan fingerprint density at radius 1 is 1.29 bits per heavy atom. The van der Waals surface area contributed by atoms with Gasteiger partial charge in [-0.2, -0.15) is 4.37 Å². The zero-order valence-corrected chi connectivity index (χ0v) is 13.1. The first-order valence-electron chi connectivity index (χ1n) is 6.55. The van der Waals surface area contributed by atoms with Gasteiger partial charge < -0.3 is 14.8 Å². The molecule has 0 radical (unpaired) electrons. The van der Waals surface area contributed by atoms with E-state index in [2.05, 4.69) is 9.69 Å². The normalized spacial score (nSPS) is 10.2. The van der Waals surface area contributed by atoms with Gasteiger partial charge in [-0.15, -0.1) is 0 Å². The summed E-state index contributed by atoms with van der Waals surface area (Å²) in [4.78, 5) is 12.0. The fourth-order valence-corrected chi connectivity index (χ4v) is 2.65. The highest BCUT2D eigenvalue weighted by Gasteiger charge is 2.10. The highest BCUT2D eigenvalue weighted by molar-refractivity contribution is 7.03. The van der Waals surface area contributed by atoms with E-state index in [1.54, 1.807) is 19.6 Å². The number of carbonyl (C=O) groups excluding carboxylic acids is 1. The lowest BCUT2D eigenvalue weighted by Crippen LogP contribution is -2.25. The topological polar surface area (TPSA) is 60.5 Å². The van der Waals surface area contributed by atoms with Crippen LogP contribution in [0, 0.1) is 6.92 Å². The van der Waals surface area contributed by atoms with E-state index in [-0.39, 0.29) is 5.91 Å². The third kappa shape index (κ3) is 3.72. The van der Waals surface area contributed by atoms with Crippen LogP contribution in [0.5, 0.6) is 11.5 Å². The highest BCUT2D eigenvalue weighted by atomic mass is 32.1. The van der Waals surface area contributed by atoms with Crippen molar-refractivity contribution >= 4 is 17.4 Å². The van der Waals surface area contributed by atoms with E-state index in [1.165, 1.54) is 11.5 Å². The molecule has 1 heterocycles. The fraction of sp³-hybridized carbons (Fsp3) is 0.333. The van der Waals surface area contributed by atoms with Crippen molar-refractivity contribution in [2.24, 2.45) is 0 Å². The Kier molecular flexibility index (Phi) is 5.16. The second-order valence-corrected chi connectivity index (χ2v) is 5.14. The first-order chi connectivity index (χ1) is 10.2. The molecule has 0 unspecified atom stereocenters. The number of benzene rings is 1. The van der Waals surface area contributed by atoms with E-state index in [1.807, 2.05) is 25.1 Å². The molecule has 0 aliphatic heterocycles. The number of methoxy groups -OCH3 is 2. The first kappa shape index (κ1) is 15.3. The average molecular weight is 306 g/mol. The van der Waals surface area contributed by atoms with Gasteiger partial charge in [0.2, 0.25) is 0 Å². The molecule has 6 heteroatoms. The summed E-state index contributed by atoms with van der Waals surface area (Å²) in [7, 11) is 3.21. The van der Waals surface area contributed by atoms with Crippen LogP contribution in [0.4, 0.5) is 0 Å². The van der Waals surface area contributed by atoms with Gasteiger partial charge in [0.15, 0.2) is 11.5 Å². The zero-order valence-electron chi connectivity index (χ0n) is 12.3. The number of aromatic nitrogens is 1. The van der Waals surface area contributed by atoms with Gasteiger partial charge in [-0.25, -0.2) is 0 Å². The van der Waals surface area contributed by atoms with Crippen molar-refractivity contribution in [3.63, 3.8) is 0 Å². The molecule has 21 heavy (non-hydrogen) atoms. The smallest absolute Gasteiger partial charge is 0.254 e. The summed E-state index contributed by atoms with van der Waals surface area (Å²) in [5.74, 6) is 1.31. The quantitative estimate of drug-likeness (QED) is 0.890. The zero-order chi connectivity index (χ0) is 15.2. The van der Waals surface area contributed by atoms with Crippen LogP contribution in [0.1, 0.15) is 21.6 Å². The Hall–Kier alpha value is -2.08. The van der Waals surface area contributed by atoms with E-state index in [0.29, 0.717) is 23.6 Å². The molecule has 0 atom stereocenters. The van der Waals surface area contributed by atoms with Crippen LogP contribution in [0.3, 0.4) is 0 Å². The van der Waals surface area contributed by atoms with Crippen molar-refractivity contribution in [1.29, 1.82) is 0 Å². The van der Waals surface area contributed by atoms with Crippen molar-refractivity contribution < 1.29 is 14.3 Å². The molecule has 0 fully saturated rings. The summed E-state index contributed by atoms with van der Waals surface area (Å²) in [5, 5.41) is 4.66. The summed E-state index contributed by atoms with van der Waals surface area (Å²) in [6, 6.07) is 5.75. The van der Waals surface area contributed by atoms with Crippen LogP contribution in [-0.2, 0) is 6.42 Å². The van der Waals surface area contributed by atoms with Gasteiger partial charge in [0.1, 0.15) is 0 Å². The minimum atomic E-state index is -0.0817. The Morgan fingerprint density at radius 3 is 2.67 bits per heavy atom. The second-order valence-electron chi connectivity index (χ2n) is 4.51. The van der Waals surface area contributed by atoms with Gasteiger partial charge in [0.25, 0.3) is 5.91 Å². The van der Waals surface area contributed by atoms with Crippen molar-refractivity contribution in [2.75, 3.05) is 20.8 Å². The molecule has 5 nitrogen and oxygen atoms in total. The largest absolute Gasteiger partial charge is 0.493 e. The SMILES string of the molecule is COc1ccc(CCNC(=O)c2csnc2C)cc1OC. The summed E-state index contributed by atoms with van der Waals surface area (Å²) >= 11 is 1.29. The van der Waals surface area contributed by atoms with Gasteiger partial charge >= 0.3 is 0 Å². The Morgan fingerprint density at radius 2 is 2.05 bits per heavy atom. The van der Waals surface area contributed by atoms with Crippen molar-refractivity contribution in [2.45, 2.75) is 13.3 Å². The first-order valence-corrected chi connectivity index (χ1v) is 7.39. The molecule has 112 valence electrons. The summed E-state index contributed by atoms with van der Waals surface area (Å²) in [5.41, 5.74) is 2.49. The van der Waals surface area contributed by atoms with Crippen LogP contribution >= 0.6 is 11.5 Å². The van der Waals surface area contributed by atoms with Crippen molar-refractivity contribution in [3.8, 4) is 11.5 Å². The van der Waals surface area contributed by atoms with Gasteiger partial charge in [-0.05, 0) is 42.6 Å². The molecule has 2 rings (SSSR count). The second kappa shape index (κ2) is 7.08. The maximum Gasteiger partial charge on any atom is 0.254 e. The molecule has 0 bridgehead atoms. The molecule has 0 aliphatic rings.